The number of rotatable bonds is 10. The van der Waals surface area contributed by atoms with Gasteiger partial charge in [-0.3, -0.25) is 9.59 Å². The number of carbonyl (C=O) groups excluding carboxylic acids is 2. The van der Waals surface area contributed by atoms with Crippen LogP contribution in [0.15, 0.2) is 0 Å². The molecule has 0 bridgehead atoms. The molecule has 1 unspecified atom stereocenters. The molecule has 118 valence electrons. The number of unbranched alkanes of at least 4 members (excludes halogenated alkanes) is 2. The highest BCUT2D eigenvalue weighted by molar-refractivity contribution is 5.94. The zero-order chi connectivity index (χ0) is 15.6. The van der Waals surface area contributed by atoms with Gasteiger partial charge in [0.25, 0.3) is 0 Å². The maximum absolute atomic E-state index is 12.0. The first-order chi connectivity index (χ1) is 9.37. The van der Waals surface area contributed by atoms with E-state index in [1.807, 2.05) is 13.8 Å². The van der Waals surface area contributed by atoms with Gasteiger partial charge in [0.1, 0.15) is 5.60 Å². The summed E-state index contributed by atoms with van der Waals surface area (Å²) in [6.07, 6.45) is 3.60. The molecule has 0 rings (SSSR count). The third-order valence-corrected chi connectivity index (χ3v) is 3.08. The summed E-state index contributed by atoms with van der Waals surface area (Å²) in [4.78, 5) is 23.7. The fourth-order valence-electron chi connectivity index (χ4n) is 1.91. The van der Waals surface area contributed by atoms with Crippen LogP contribution in [0.25, 0.3) is 0 Å². The summed E-state index contributed by atoms with van der Waals surface area (Å²) in [5, 5.41) is 8.72. The molecule has 0 fully saturated rings. The average Bonchev–Trinajstić information content (AvgIpc) is 2.35. The first kappa shape index (κ1) is 18.9. The Bertz CT molecular complexity index is 299. The van der Waals surface area contributed by atoms with Gasteiger partial charge in [0.15, 0.2) is 5.92 Å². The standard InChI is InChI=1S/C15H28O5/c1-5-12(13(17)19-6-2)14(18)20-15(3,4)10-8-7-9-11-16/h12,16H,5-11H2,1-4H3. The molecule has 20 heavy (non-hydrogen) atoms. The Morgan fingerprint density at radius 2 is 1.75 bits per heavy atom. The van der Waals surface area contributed by atoms with Crippen LogP contribution in [0, 0.1) is 5.92 Å². The highest BCUT2D eigenvalue weighted by Crippen LogP contribution is 2.21. The molecular formula is C15H28O5. The molecule has 0 saturated carbocycles. The second-order valence-corrected chi connectivity index (χ2v) is 5.43. The van der Waals surface area contributed by atoms with Crippen LogP contribution in [0.4, 0.5) is 0 Å². The summed E-state index contributed by atoms with van der Waals surface area (Å²) in [7, 11) is 0. The molecular weight excluding hydrogens is 260 g/mol. The minimum atomic E-state index is -0.841. The Hall–Kier alpha value is -1.10. The molecule has 0 saturated heterocycles. The lowest BCUT2D eigenvalue weighted by Crippen LogP contribution is -2.35. The molecule has 0 aliphatic rings. The number of esters is 2. The molecule has 0 aliphatic heterocycles. The fraction of sp³-hybridized carbons (Fsp3) is 0.867. The van der Waals surface area contributed by atoms with Gasteiger partial charge in [0.2, 0.25) is 0 Å². The SMILES string of the molecule is CCOC(=O)C(CC)C(=O)OC(C)(C)CCCCCO. The quantitative estimate of drug-likeness (QED) is 0.380. The second kappa shape index (κ2) is 9.75. The lowest BCUT2D eigenvalue weighted by atomic mass is 9.99. The van der Waals surface area contributed by atoms with E-state index in [0.717, 1.165) is 19.3 Å². The lowest BCUT2D eigenvalue weighted by molar-refractivity contribution is -0.170. The number of aliphatic hydroxyl groups is 1. The monoisotopic (exact) mass is 288 g/mol. The van der Waals surface area contributed by atoms with Crippen LogP contribution in [-0.2, 0) is 19.1 Å². The predicted octanol–water partition coefficient (Wildman–Crippen LogP) is 2.45. The molecule has 0 heterocycles. The van der Waals surface area contributed by atoms with Crippen LogP contribution in [0.5, 0.6) is 0 Å². The van der Waals surface area contributed by atoms with Crippen molar-refractivity contribution >= 4 is 11.9 Å². The van der Waals surface area contributed by atoms with Crippen LogP contribution in [0.3, 0.4) is 0 Å². The number of hydrogen-bond donors (Lipinski definition) is 1. The van der Waals surface area contributed by atoms with E-state index in [9.17, 15) is 9.59 Å². The van der Waals surface area contributed by atoms with E-state index >= 15 is 0 Å². The minimum Gasteiger partial charge on any atom is -0.465 e. The van der Waals surface area contributed by atoms with Gasteiger partial charge in [-0.15, -0.1) is 0 Å². The Morgan fingerprint density at radius 3 is 2.25 bits per heavy atom. The third-order valence-electron chi connectivity index (χ3n) is 3.08. The Labute approximate surface area is 121 Å². The average molecular weight is 288 g/mol. The van der Waals surface area contributed by atoms with Gasteiger partial charge in [-0.1, -0.05) is 13.3 Å². The van der Waals surface area contributed by atoms with Crippen molar-refractivity contribution in [1.29, 1.82) is 0 Å². The highest BCUT2D eigenvalue weighted by Gasteiger charge is 2.32. The molecule has 1 N–H and O–H groups in total. The molecule has 0 spiro atoms. The van der Waals surface area contributed by atoms with Gasteiger partial charge in [0, 0.05) is 6.61 Å². The van der Waals surface area contributed by atoms with Crippen molar-refractivity contribution in [2.24, 2.45) is 5.92 Å². The lowest BCUT2D eigenvalue weighted by Gasteiger charge is -2.27. The molecule has 0 aromatic rings. The van der Waals surface area contributed by atoms with Crippen molar-refractivity contribution in [3.8, 4) is 0 Å². The van der Waals surface area contributed by atoms with E-state index < -0.39 is 23.5 Å². The summed E-state index contributed by atoms with van der Waals surface area (Å²) in [5.74, 6) is -1.87. The molecule has 5 heteroatoms. The largest absolute Gasteiger partial charge is 0.465 e. The van der Waals surface area contributed by atoms with Gasteiger partial charge < -0.3 is 14.6 Å². The number of hydrogen-bond acceptors (Lipinski definition) is 5. The van der Waals surface area contributed by atoms with E-state index in [1.165, 1.54) is 0 Å². The van der Waals surface area contributed by atoms with E-state index in [1.54, 1.807) is 13.8 Å². The van der Waals surface area contributed by atoms with Gasteiger partial charge in [0.05, 0.1) is 6.61 Å². The molecule has 0 amide bonds. The first-order valence-electron chi connectivity index (χ1n) is 7.38. The maximum atomic E-state index is 12.0. The summed E-state index contributed by atoms with van der Waals surface area (Å²) in [5.41, 5.74) is -0.605. The van der Waals surface area contributed by atoms with E-state index in [0.29, 0.717) is 12.8 Å². The zero-order valence-corrected chi connectivity index (χ0v) is 13.1. The third kappa shape index (κ3) is 7.48. The van der Waals surface area contributed by atoms with E-state index in [2.05, 4.69) is 0 Å². The summed E-state index contributed by atoms with van der Waals surface area (Å²) < 4.78 is 10.3. The summed E-state index contributed by atoms with van der Waals surface area (Å²) >= 11 is 0. The van der Waals surface area contributed by atoms with Crippen molar-refractivity contribution < 1.29 is 24.2 Å². The van der Waals surface area contributed by atoms with Crippen LogP contribution in [0.1, 0.15) is 59.8 Å². The normalized spacial score (nSPS) is 12.8. The minimum absolute atomic E-state index is 0.182. The van der Waals surface area contributed by atoms with Crippen molar-refractivity contribution in [1.82, 2.24) is 0 Å². The number of carbonyl (C=O) groups is 2. The molecule has 0 aromatic heterocycles. The van der Waals surface area contributed by atoms with Gasteiger partial charge in [-0.2, -0.15) is 0 Å². The van der Waals surface area contributed by atoms with Crippen LogP contribution in [-0.4, -0.2) is 35.9 Å². The predicted molar refractivity (Wildman–Crippen MR) is 76.1 cm³/mol. The van der Waals surface area contributed by atoms with Crippen molar-refractivity contribution in [3.05, 3.63) is 0 Å². The van der Waals surface area contributed by atoms with Gasteiger partial charge in [-0.05, 0) is 46.5 Å². The Kier molecular flexibility index (Phi) is 9.21. The molecule has 0 aromatic carbocycles. The van der Waals surface area contributed by atoms with Crippen LogP contribution in [0.2, 0.25) is 0 Å². The molecule has 5 nitrogen and oxygen atoms in total. The van der Waals surface area contributed by atoms with Crippen molar-refractivity contribution in [3.63, 3.8) is 0 Å². The molecule has 0 radical (unpaired) electrons. The molecule has 1 atom stereocenters. The van der Waals surface area contributed by atoms with Crippen LogP contribution >= 0.6 is 0 Å². The van der Waals surface area contributed by atoms with Gasteiger partial charge >= 0.3 is 11.9 Å². The Morgan fingerprint density at radius 1 is 1.10 bits per heavy atom. The number of ether oxygens (including phenoxy) is 2. The zero-order valence-electron chi connectivity index (χ0n) is 13.1. The Balaban J connectivity index is 4.35. The van der Waals surface area contributed by atoms with Gasteiger partial charge in [-0.25, -0.2) is 0 Å². The summed E-state index contributed by atoms with van der Waals surface area (Å²) in [6.45, 7) is 7.58. The van der Waals surface area contributed by atoms with Crippen molar-refractivity contribution in [2.45, 2.75) is 65.4 Å². The van der Waals surface area contributed by atoms with Crippen molar-refractivity contribution in [2.75, 3.05) is 13.2 Å². The highest BCUT2D eigenvalue weighted by atomic mass is 16.6. The summed E-state index contributed by atoms with van der Waals surface area (Å²) in [6, 6.07) is 0. The fourth-order valence-corrected chi connectivity index (χ4v) is 1.91. The number of aliphatic hydroxyl groups excluding tert-OH is 1. The van der Waals surface area contributed by atoms with E-state index in [4.69, 9.17) is 14.6 Å². The topological polar surface area (TPSA) is 72.8 Å². The van der Waals surface area contributed by atoms with E-state index in [-0.39, 0.29) is 13.2 Å². The molecule has 0 aliphatic carbocycles. The smallest absolute Gasteiger partial charge is 0.320 e. The second-order valence-electron chi connectivity index (χ2n) is 5.43. The first-order valence-corrected chi connectivity index (χ1v) is 7.38. The van der Waals surface area contributed by atoms with Crippen LogP contribution < -0.4 is 0 Å². The maximum Gasteiger partial charge on any atom is 0.320 e.